The van der Waals surface area contributed by atoms with E-state index in [1.165, 1.54) is 12.8 Å². The Kier molecular flexibility index (Phi) is 4.56. The van der Waals surface area contributed by atoms with Gasteiger partial charge >= 0.3 is 0 Å². The molecule has 1 aliphatic rings. The predicted octanol–water partition coefficient (Wildman–Crippen LogP) is 3.39. The van der Waals surface area contributed by atoms with Crippen LogP contribution in [-0.4, -0.2) is 20.7 Å². The summed E-state index contributed by atoms with van der Waals surface area (Å²) in [5.41, 5.74) is 3.72. The number of carbonyl (C=O) groups is 1. The summed E-state index contributed by atoms with van der Waals surface area (Å²) in [4.78, 5) is 27.7. The van der Waals surface area contributed by atoms with Crippen molar-refractivity contribution in [1.29, 1.82) is 0 Å². The van der Waals surface area contributed by atoms with E-state index in [1.54, 1.807) is 6.20 Å². The smallest absolute Gasteiger partial charge is 0.253 e. The van der Waals surface area contributed by atoms with Crippen LogP contribution >= 0.6 is 0 Å². The fourth-order valence-electron chi connectivity index (χ4n) is 4.07. The average Bonchev–Trinajstić information content (AvgIpc) is 3.29. The monoisotopic (exact) mass is 364 g/mol. The summed E-state index contributed by atoms with van der Waals surface area (Å²) in [7, 11) is 0. The lowest BCUT2D eigenvalue weighted by Gasteiger charge is -2.12. The number of aryl methyl sites for hydroxylation is 2. The third kappa shape index (κ3) is 3.27. The highest BCUT2D eigenvalue weighted by Gasteiger charge is 2.21. The summed E-state index contributed by atoms with van der Waals surface area (Å²) in [6.07, 6.45) is 6.53. The predicted molar refractivity (Wildman–Crippen MR) is 105 cm³/mol. The van der Waals surface area contributed by atoms with Crippen molar-refractivity contribution in [3.63, 3.8) is 0 Å². The van der Waals surface area contributed by atoms with Crippen molar-refractivity contribution < 1.29 is 4.79 Å². The average molecular weight is 364 g/mol. The molecule has 0 radical (unpaired) electrons. The Hall–Kier alpha value is -2.89. The van der Waals surface area contributed by atoms with E-state index in [-0.39, 0.29) is 18.0 Å². The molecule has 0 atom stereocenters. The molecular formula is C21H24N4O2. The highest BCUT2D eigenvalue weighted by molar-refractivity contribution is 6.06. The zero-order valence-electron chi connectivity index (χ0n) is 15.7. The first-order valence-electron chi connectivity index (χ1n) is 9.48. The van der Waals surface area contributed by atoms with Crippen molar-refractivity contribution in [2.45, 2.75) is 52.1 Å². The number of aromatic nitrogens is 3. The first-order chi connectivity index (χ1) is 13.0. The minimum absolute atomic E-state index is 0.153. The number of nitrogens with one attached hydrogen (secondary N) is 2. The number of hydrogen-bond donors (Lipinski definition) is 2. The summed E-state index contributed by atoms with van der Waals surface area (Å²) in [6.45, 7) is 3.93. The highest BCUT2D eigenvalue weighted by Crippen LogP contribution is 2.32. The number of amides is 1. The van der Waals surface area contributed by atoms with Gasteiger partial charge in [-0.05, 0) is 50.5 Å². The molecule has 0 unspecified atom stereocenters. The number of carbonyl (C=O) groups excluding carboxylic acids is 1. The highest BCUT2D eigenvalue weighted by atomic mass is 16.1. The molecule has 0 bridgehead atoms. The van der Waals surface area contributed by atoms with E-state index in [0.29, 0.717) is 17.2 Å². The maximum Gasteiger partial charge on any atom is 0.253 e. The lowest BCUT2D eigenvalue weighted by Crippen LogP contribution is -2.28. The quantitative estimate of drug-likeness (QED) is 0.745. The molecule has 0 saturated heterocycles. The van der Waals surface area contributed by atoms with Crippen LogP contribution in [-0.2, 0) is 6.54 Å². The van der Waals surface area contributed by atoms with Crippen molar-refractivity contribution in [2.75, 3.05) is 0 Å². The molecule has 1 saturated carbocycles. The zero-order chi connectivity index (χ0) is 19.0. The topological polar surface area (TPSA) is 79.8 Å². The van der Waals surface area contributed by atoms with Gasteiger partial charge in [-0.2, -0.15) is 5.10 Å². The molecule has 1 aromatic carbocycles. The minimum Gasteiger partial charge on any atom is -0.348 e. The van der Waals surface area contributed by atoms with E-state index in [4.69, 9.17) is 0 Å². The standard InChI is InChI=1S/C21H24N4O2/c1-13-10-14(2)24-21(27)17(13)11-22-20(26)16-8-5-9-19-18(16)12-23-25(19)15-6-3-4-7-15/h5,8-10,12,15H,3-4,6-7,11H2,1-2H3,(H,22,26)(H,24,27). The minimum atomic E-state index is -0.189. The van der Waals surface area contributed by atoms with Crippen molar-refractivity contribution in [1.82, 2.24) is 20.1 Å². The second kappa shape index (κ2) is 7.02. The van der Waals surface area contributed by atoms with Crippen LogP contribution in [0.25, 0.3) is 10.9 Å². The van der Waals surface area contributed by atoms with E-state index in [1.807, 2.05) is 38.1 Å². The van der Waals surface area contributed by atoms with Crippen LogP contribution in [0.2, 0.25) is 0 Å². The van der Waals surface area contributed by atoms with Crippen molar-refractivity contribution in [3.05, 3.63) is 63.2 Å². The van der Waals surface area contributed by atoms with Crippen LogP contribution in [0.3, 0.4) is 0 Å². The second-order valence-electron chi connectivity index (χ2n) is 7.39. The Morgan fingerprint density at radius 1 is 1.30 bits per heavy atom. The number of H-pyrrole nitrogens is 1. The van der Waals surface area contributed by atoms with Gasteiger partial charge in [0.05, 0.1) is 23.3 Å². The van der Waals surface area contributed by atoms with Gasteiger partial charge in [0.2, 0.25) is 0 Å². The molecule has 140 valence electrons. The van der Waals surface area contributed by atoms with Crippen molar-refractivity contribution >= 4 is 16.8 Å². The van der Waals surface area contributed by atoms with E-state index < -0.39 is 0 Å². The van der Waals surface area contributed by atoms with Gasteiger partial charge in [0.1, 0.15) is 0 Å². The van der Waals surface area contributed by atoms with E-state index in [0.717, 1.165) is 35.0 Å². The zero-order valence-corrected chi connectivity index (χ0v) is 15.7. The fraction of sp³-hybridized carbons (Fsp3) is 0.381. The van der Waals surface area contributed by atoms with Crippen LogP contribution in [0.1, 0.15) is 58.9 Å². The normalized spacial score (nSPS) is 14.7. The molecule has 0 aliphatic heterocycles. The first kappa shape index (κ1) is 17.5. The molecule has 1 amide bonds. The van der Waals surface area contributed by atoms with Gasteiger partial charge in [-0.1, -0.05) is 18.9 Å². The molecule has 0 spiro atoms. The number of hydrogen-bond acceptors (Lipinski definition) is 3. The van der Waals surface area contributed by atoms with Gasteiger partial charge in [-0.25, -0.2) is 0 Å². The van der Waals surface area contributed by atoms with Gasteiger partial charge in [0.25, 0.3) is 11.5 Å². The van der Waals surface area contributed by atoms with Gasteiger partial charge < -0.3 is 10.3 Å². The Labute approximate surface area is 157 Å². The van der Waals surface area contributed by atoms with Gasteiger partial charge in [0, 0.05) is 23.2 Å². The van der Waals surface area contributed by atoms with Crippen molar-refractivity contribution in [3.8, 4) is 0 Å². The van der Waals surface area contributed by atoms with Gasteiger partial charge in [0.15, 0.2) is 0 Å². The number of fused-ring (bicyclic) bond motifs is 1. The van der Waals surface area contributed by atoms with Crippen LogP contribution in [0, 0.1) is 13.8 Å². The molecule has 6 nitrogen and oxygen atoms in total. The third-order valence-electron chi connectivity index (χ3n) is 5.48. The van der Waals surface area contributed by atoms with E-state index in [2.05, 4.69) is 20.1 Å². The second-order valence-corrected chi connectivity index (χ2v) is 7.39. The molecule has 2 heterocycles. The fourth-order valence-corrected chi connectivity index (χ4v) is 4.07. The summed E-state index contributed by atoms with van der Waals surface area (Å²) in [5.74, 6) is -0.189. The van der Waals surface area contributed by atoms with Crippen LogP contribution in [0.15, 0.2) is 35.3 Å². The molecular weight excluding hydrogens is 340 g/mol. The number of pyridine rings is 1. The first-order valence-corrected chi connectivity index (χ1v) is 9.48. The number of aromatic amines is 1. The Morgan fingerprint density at radius 2 is 2.07 bits per heavy atom. The number of benzene rings is 1. The van der Waals surface area contributed by atoms with Crippen LogP contribution in [0.4, 0.5) is 0 Å². The summed E-state index contributed by atoms with van der Waals surface area (Å²) in [5, 5.41) is 8.31. The maximum atomic E-state index is 12.8. The molecule has 1 aliphatic carbocycles. The van der Waals surface area contributed by atoms with Gasteiger partial charge in [-0.15, -0.1) is 0 Å². The largest absolute Gasteiger partial charge is 0.348 e. The Bertz CT molecular complexity index is 1060. The Balaban J connectivity index is 1.59. The summed E-state index contributed by atoms with van der Waals surface area (Å²) in [6, 6.07) is 8.06. The molecule has 6 heteroatoms. The molecule has 2 N–H and O–H groups in total. The lowest BCUT2D eigenvalue weighted by molar-refractivity contribution is 0.0952. The molecule has 1 fully saturated rings. The van der Waals surface area contributed by atoms with Gasteiger partial charge in [-0.3, -0.25) is 14.3 Å². The Morgan fingerprint density at radius 3 is 2.81 bits per heavy atom. The number of rotatable bonds is 4. The SMILES string of the molecule is Cc1cc(C)c(CNC(=O)c2cccc3c2cnn3C2CCCC2)c(=O)[nH]1. The van der Waals surface area contributed by atoms with Crippen LogP contribution in [0.5, 0.6) is 0 Å². The van der Waals surface area contributed by atoms with Crippen molar-refractivity contribution in [2.24, 2.45) is 0 Å². The molecule has 4 rings (SSSR count). The maximum absolute atomic E-state index is 12.8. The number of nitrogens with zero attached hydrogens (tertiary/aromatic N) is 2. The molecule has 3 aromatic rings. The lowest BCUT2D eigenvalue weighted by atomic mass is 10.1. The molecule has 2 aromatic heterocycles. The third-order valence-corrected chi connectivity index (χ3v) is 5.48. The van der Waals surface area contributed by atoms with E-state index >= 15 is 0 Å². The van der Waals surface area contributed by atoms with Crippen LogP contribution < -0.4 is 10.9 Å². The summed E-state index contributed by atoms with van der Waals surface area (Å²) < 4.78 is 2.06. The van der Waals surface area contributed by atoms with E-state index in [9.17, 15) is 9.59 Å². The molecule has 27 heavy (non-hydrogen) atoms. The summed E-state index contributed by atoms with van der Waals surface area (Å²) >= 11 is 0.